The number of hydrogen-bond acceptors (Lipinski definition) is 1. The summed E-state index contributed by atoms with van der Waals surface area (Å²) in [5.74, 6) is 0.925. The van der Waals surface area contributed by atoms with E-state index in [0.717, 1.165) is 27.5 Å². The maximum absolute atomic E-state index is 15.7. The number of para-hydroxylation sites is 1. The molecule has 2 nitrogen and oxygen atoms in total. The van der Waals surface area contributed by atoms with Gasteiger partial charge in [-0.15, -0.1) is 29.7 Å². The van der Waals surface area contributed by atoms with Gasteiger partial charge in [0.1, 0.15) is 5.82 Å². The van der Waals surface area contributed by atoms with Crippen molar-refractivity contribution in [1.29, 1.82) is 0 Å². The Balaban J connectivity index is 0.00000252. The summed E-state index contributed by atoms with van der Waals surface area (Å²) in [6.07, 6.45) is 14.8. The largest absolute Gasteiger partial charge is 0.331 e. The second kappa shape index (κ2) is 10.3. The molecule has 0 bridgehead atoms. The number of imidazole rings is 1. The summed E-state index contributed by atoms with van der Waals surface area (Å²) in [6, 6.07) is 21.8. The van der Waals surface area contributed by atoms with Crippen LogP contribution in [0.3, 0.4) is 0 Å². The van der Waals surface area contributed by atoms with Gasteiger partial charge in [0, 0.05) is 31.9 Å². The quantitative estimate of drug-likeness (QED) is 0.139. The standard InChI is InChI=1S/C33H32FN2.Ir/c34-29-20-10-19-27-26-15-7-8-16-28(26)33-35-21-30(36(33)32(27)29)31-24(22-11-3-1-4-12-22)17-9-18-25(31)23-13-5-2-6-14-23;/h7-10,15,17-23H,1-6,11-14H2;/q-1;. The van der Waals surface area contributed by atoms with Crippen LogP contribution in [0.5, 0.6) is 0 Å². The van der Waals surface area contributed by atoms with E-state index < -0.39 is 0 Å². The van der Waals surface area contributed by atoms with Gasteiger partial charge in [0.15, 0.2) is 0 Å². The predicted molar refractivity (Wildman–Crippen MR) is 146 cm³/mol. The summed E-state index contributed by atoms with van der Waals surface area (Å²) in [5.41, 5.74) is 6.68. The van der Waals surface area contributed by atoms with Gasteiger partial charge < -0.3 is 4.40 Å². The molecule has 4 heteroatoms. The zero-order valence-corrected chi connectivity index (χ0v) is 23.5. The first kappa shape index (κ1) is 24.8. The molecule has 2 aromatic heterocycles. The molecule has 191 valence electrons. The summed E-state index contributed by atoms with van der Waals surface area (Å²) in [6.45, 7) is 0. The van der Waals surface area contributed by atoms with E-state index in [1.807, 2.05) is 30.5 Å². The minimum absolute atomic E-state index is 0. The van der Waals surface area contributed by atoms with Gasteiger partial charge in [0.25, 0.3) is 0 Å². The molecular weight excluding hydrogens is 636 g/mol. The molecule has 2 aliphatic carbocycles. The molecular formula is C33H32FIrN2-. The average Bonchev–Trinajstić information content (AvgIpc) is 3.39. The first-order valence-electron chi connectivity index (χ1n) is 13.8. The van der Waals surface area contributed by atoms with Crippen LogP contribution in [-0.4, -0.2) is 9.38 Å². The Labute approximate surface area is 231 Å². The van der Waals surface area contributed by atoms with Crippen molar-refractivity contribution in [2.45, 2.75) is 76.0 Å². The Bertz CT molecular complexity index is 1540. The maximum atomic E-state index is 15.7. The molecule has 0 unspecified atom stereocenters. The van der Waals surface area contributed by atoms with Gasteiger partial charge in [-0.1, -0.05) is 74.2 Å². The van der Waals surface area contributed by atoms with Crippen molar-refractivity contribution in [3.63, 3.8) is 0 Å². The second-order valence-corrected chi connectivity index (χ2v) is 10.9. The van der Waals surface area contributed by atoms with Crippen molar-refractivity contribution in [3.05, 3.63) is 83.8 Å². The SMILES string of the molecule is Fc1cccc2c3ccc[c-]c3c3ncc(-c4c(C5CCCCC5)cccc4C4CCCCC4)n3c12.[Ir]. The molecule has 0 amide bonds. The second-order valence-electron chi connectivity index (χ2n) is 10.9. The molecule has 2 heterocycles. The van der Waals surface area contributed by atoms with Crippen LogP contribution in [0.25, 0.3) is 38.6 Å². The van der Waals surface area contributed by atoms with E-state index in [0.29, 0.717) is 17.4 Å². The molecule has 3 aromatic carbocycles. The van der Waals surface area contributed by atoms with Crippen LogP contribution < -0.4 is 0 Å². The molecule has 2 saturated carbocycles. The van der Waals surface area contributed by atoms with Crippen LogP contribution >= 0.6 is 0 Å². The van der Waals surface area contributed by atoms with E-state index >= 15 is 4.39 Å². The van der Waals surface area contributed by atoms with Crippen LogP contribution in [0.4, 0.5) is 4.39 Å². The Morgan fingerprint density at radius 3 is 2.05 bits per heavy atom. The van der Waals surface area contributed by atoms with E-state index in [2.05, 4.69) is 34.7 Å². The third kappa shape index (κ3) is 4.13. The number of hydrogen-bond donors (Lipinski definition) is 0. The van der Waals surface area contributed by atoms with Crippen LogP contribution in [0, 0.1) is 11.9 Å². The summed E-state index contributed by atoms with van der Waals surface area (Å²) in [4.78, 5) is 4.95. The van der Waals surface area contributed by atoms with Gasteiger partial charge in [0.05, 0.1) is 16.9 Å². The number of halogens is 1. The number of benzene rings is 3. The minimum Gasteiger partial charge on any atom is -0.331 e. The predicted octanol–water partition coefficient (Wildman–Crippen LogP) is 9.34. The molecule has 0 atom stereocenters. The molecule has 1 radical (unpaired) electrons. The fraction of sp³-hybridized carbons (Fsp3) is 0.364. The Morgan fingerprint density at radius 1 is 0.757 bits per heavy atom. The van der Waals surface area contributed by atoms with E-state index in [1.54, 1.807) is 6.07 Å². The van der Waals surface area contributed by atoms with Crippen molar-refractivity contribution >= 4 is 27.3 Å². The molecule has 0 aliphatic heterocycles. The fourth-order valence-corrected chi connectivity index (χ4v) is 7.13. The zero-order chi connectivity index (χ0) is 24.1. The van der Waals surface area contributed by atoms with Crippen LogP contribution in [-0.2, 0) is 20.1 Å². The van der Waals surface area contributed by atoms with Crippen molar-refractivity contribution in [2.24, 2.45) is 0 Å². The third-order valence-corrected chi connectivity index (χ3v) is 8.82. The van der Waals surface area contributed by atoms with Crippen LogP contribution in [0.2, 0.25) is 0 Å². The normalized spacial score (nSPS) is 17.4. The Morgan fingerprint density at radius 2 is 1.38 bits per heavy atom. The maximum Gasteiger partial charge on any atom is 0.146 e. The van der Waals surface area contributed by atoms with Crippen molar-refractivity contribution in [3.8, 4) is 11.3 Å². The van der Waals surface area contributed by atoms with E-state index in [-0.39, 0.29) is 25.9 Å². The number of fused-ring (bicyclic) bond motifs is 6. The van der Waals surface area contributed by atoms with Gasteiger partial charge in [0.2, 0.25) is 0 Å². The van der Waals surface area contributed by atoms with E-state index in [1.165, 1.54) is 80.9 Å². The number of nitrogens with zero attached hydrogens (tertiary/aromatic N) is 2. The van der Waals surface area contributed by atoms with Crippen molar-refractivity contribution < 1.29 is 24.5 Å². The minimum atomic E-state index is -0.197. The van der Waals surface area contributed by atoms with Gasteiger partial charge in [-0.2, -0.15) is 0 Å². The third-order valence-electron chi connectivity index (χ3n) is 8.82. The fourth-order valence-electron chi connectivity index (χ4n) is 7.13. The van der Waals surface area contributed by atoms with Crippen LogP contribution in [0.1, 0.15) is 87.2 Å². The van der Waals surface area contributed by atoms with Gasteiger partial charge in [-0.25, -0.2) is 4.39 Å². The number of pyridine rings is 1. The van der Waals surface area contributed by atoms with Gasteiger partial charge in [-0.05, 0) is 60.1 Å². The zero-order valence-electron chi connectivity index (χ0n) is 21.1. The molecule has 7 rings (SSSR count). The molecule has 2 aliphatic rings. The smallest absolute Gasteiger partial charge is 0.146 e. The number of rotatable bonds is 3. The van der Waals surface area contributed by atoms with E-state index in [9.17, 15) is 0 Å². The molecule has 37 heavy (non-hydrogen) atoms. The molecule has 0 saturated heterocycles. The number of aromatic nitrogens is 2. The first-order valence-corrected chi connectivity index (χ1v) is 13.8. The van der Waals surface area contributed by atoms with Crippen molar-refractivity contribution in [1.82, 2.24) is 9.38 Å². The van der Waals surface area contributed by atoms with E-state index in [4.69, 9.17) is 4.98 Å². The topological polar surface area (TPSA) is 17.3 Å². The average molecular weight is 668 g/mol. The van der Waals surface area contributed by atoms with Crippen LogP contribution in [0.15, 0.2) is 60.8 Å². The molecule has 0 spiro atoms. The van der Waals surface area contributed by atoms with Gasteiger partial charge in [-0.3, -0.25) is 4.98 Å². The summed E-state index contributed by atoms with van der Waals surface area (Å²) >= 11 is 0. The summed E-state index contributed by atoms with van der Waals surface area (Å²) in [5, 5.41) is 2.88. The molecule has 2 fully saturated rings. The monoisotopic (exact) mass is 668 g/mol. The molecule has 0 N–H and O–H groups in total. The Hall–Kier alpha value is -2.55. The van der Waals surface area contributed by atoms with Gasteiger partial charge >= 0.3 is 0 Å². The first-order chi connectivity index (χ1) is 17.8. The summed E-state index contributed by atoms with van der Waals surface area (Å²) < 4.78 is 17.8. The van der Waals surface area contributed by atoms with Crippen molar-refractivity contribution in [2.75, 3.05) is 0 Å². The Kier molecular flexibility index (Phi) is 6.90. The summed E-state index contributed by atoms with van der Waals surface area (Å²) in [7, 11) is 0. The molecule has 5 aromatic rings.